The summed E-state index contributed by atoms with van der Waals surface area (Å²) in [4.78, 5) is 14.9. The largest absolute Gasteiger partial charge is 0.361 e. The topological polar surface area (TPSA) is 32.9 Å². The standard InChI is InChI=1S/C13H9NO.2C2H6/c15-11-5-1-3-9-6-7-10-4-2-8-14-13(10)12(9)11;2*1-2/h1-8,14H;2*1-2H3. The SMILES string of the molecule is CC.CC.O=c1cccc2ccc3ccc[nH]c3c12. The monoisotopic (exact) mass is 255 g/mol. The number of pyridine rings is 1. The van der Waals surface area contributed by atoms with Gasteiger partial charge in [-0.05, 0) is 22.9 Å². The summed E-state index contributed by atoms with van der Waals surface area (Å²) in [6, 6.07) is 13.3. The molecule has 0 saturated carbocycles. The molecule has 0 fully saturated rings. The maximum atomic E-state index is 11.8. The Bertz CT molecular complexity index is 698. The molecule has 0 aliphatic carbocycles. The van der Waals surface area contributed by atoms with Crippen LogP contribution in [-0.4, -0.2) is 4.98 Å². The number of benzene rings is 2. The van der Waals surface area contributed by atoms with Crippen molar-refractivity contribution in [3.8, 4) is 0 Å². The quantitative estimate of drug-likeness (QED) is 0.578. The number of hydrogen-bond acceptors (Lipinski definition) is 1. The second kappa shape index (κ2) is 7.37. The molecule has 0 saturated heterocycles. The van der Waals surface area contributed by atoms with Crippen LogP contribution in [-0.2, 0) is 0 Å². The fourth-order valence-electron chi connectivity index (χ4n) is 1.94. The molecule has 0 radical (unpaired) electrons. The summed E-state index contributed by atoms with van der Waals surface area (Å²) in [6.07, 6.45) is 1.84. The molecule has 0 aliphatic rings. The van der Waals surface area contributed by atoms with Gasteiger partial charge in [0.25, 0.3) is 0 Å². The van der Waals surface area contributed by atoms with Crippen LogP contribution in [0.15, 0.2) is 53.5 Å². The maximum Gasteiger partial charge on any atom is 0.188 e. The molecule has 3 aromatic rings. The molecule has 2 heteroatoms. The highest BCUT2D eigenvalue weighted by Crippen LogP contribution is 2.19. The van der Waals surface area contributed by atoms with Gasteiger partial charge >= 0.3 is 0 Å². The van der Waals surface area contributed by atoms with Crippen molar-refractivity contribution in [3.05, 3.63) is 58.9 Å². The number of H-pyrrole nitrogens is 1. The van der Waals surface area contributed by atoms with Crippen molar-refractivity contribution >= 4 is 21.7 Å². The van der Waals surface area contributed by atoms with Crippen LogP contribution in [0.5, 0.6) is 0 Å². The summed E-state index contributed by atoms with van der Waals surface area (Å²) in [5.74, 6) is 0. The van der Waals surface area contributed by atoms with Crippen molar-refractivity contribution in [3.63, 3.8) is 0 Å². The molecule has 0 unspecified atom stereocenters. The molecule has 0 spiro atoms. The van der Waals surface area contributed by atoms with E-state index in [0.717, 1.165) is 21.7 Å². The van der Waals surface area contributed by atoms with Gasteiger partial charge in [-0.15, -0.1) is 0 Å². The molecule has 0 aliphatic heterocycles. The van der Waals surface area contributed by atoms with Crippen LogP contribution >= 0.6 is 0 Å². The average molecular weight is 255 g/mol. The Labute approximate surface area is 114 Å². The Morgan fingerprint density at radius 3 is 2.16 bits per heavy atom. The molecule has 1 N–H and O–H groups in total. The van der Waals surface area contributed by atoms with E-state index in [0.29, 0.717) is 0 Å². The highest BCUT2D eigenvalue weighted by molar-refractivity contribution is 6.04. The summed E-state index contributed by atoms with van der Waals surface area (Å²) in [6.45, 7) is 8.00. The van der Waals surface area contributed by atoms with Crippen LogP contribution < -0.4 is 5.43 Å². The van der Waals surface area contributed by atoms with Crippen molar-refractivity contribution in [2.45, 2.75) is 27.7 Å². The van der Waals surface area contributed by atoms with Crippen LogP contribution in [0, 0.1) is 0 Å². The predicted molar refractivity (Wildman–Crippen MR) is 84.8 cm³/mol. The highest BCUT2D eigenvalue weighted by atomic mass is 16.1. The van der Waals surface area contributed by atoms with Gasteiger partial charge in [-0.25, -0.2) is 0 Å². The van der Waals surface area contributed by atoms with E-state index in [4.69, 9.17) is 0 Å². The Balaban J connectivity index is 0.000000415. The van der Waals surface area contributed by atoms with Gasteiger partial charge < -0.3 is 4.98 Å². The van der Waals surface area contributed by atoms with E-state index in [1.165, 1.54) is 0 Å². The molecular weight excluding hydrogens is 234 g/mol. The normalized spacial score (nSPS) is 9.26. The van der Waals surface area contributed by atoms with Crippen molar-refractivity contribution in [2.24, 2.45) is 0 Å². The summed E-state index contributed by atoms with van der Waals surface area (Å²) >= 11 is 0. The van der Waals surface area contributed by atoms with Gasteiger partial charge in [0.15, 0.2) is 5.43 Å². The zero-order valence-electron chi connectivity index (χ0n) is 12.0. The van der Waals surface area contributed by atoms with E-state index < -0.39 is 0 Å². The van der Waals surface area contributed by atoms with Crippen LogP contribution in [0.2, 0.25) is 0 Å². The molecule has 3 rings (SSSR count). The van der Waals surface area contributed by atoms with E-state index in [9.17, 15) is 4.79 Å². The molecule has 1 aromatic heterocycles. The first kappa shape index (κ1) is 15.0. The summed E-state index contributed by atoms with van der Waals surface area (Å²) in [5.41, 5.74) is 0.987. The predicted octanol–water partition coefficient (Wildman–Crippen LogP) is 4.73. The number of aromatic amines is 1. The molecule has 0 atom stereocenters. The van der Waals surface area contributed by atoms with Crippen LogP contribution in [0.1, 0.15) is 27.7 Å². The first-order valence-electron chi connectivity index (χ1n) is 6.85. The summed E-state index contributed by atoms with van der Waals surface area (Å²) < 4.78 is 0. The lowest BCUT2D eigenvalue weighted by molar-refractivity contribution is 1.42. The minimum atomic E-state index is 0.0700. The molecule has 2 nitrogen and oxygen atoms in total. The van der Waals surface area contributed by atoms with E-state index in [1.54, 1.807) is 12.1 Å². The third-order valence-corrected chi connectivity index (χ3v) is 2.64. The number of fused-ring (bicyclic) bond motifs is 3. The zero-order chi connectivity index (χ0) is 14.3. The molecule has 0 bridgehead atoms. The van der Waals surface area contributed by atoms with Crippen LogP contribution in [0.3, 0.4) is 0 Å². The number of rotatable bonds is 0. The summed E-state index contributed by atoms with van der Waals surface area (Å²) in [7, 11) is 0. The third kappa shape index (κ3) is 3.02. The van der Waals surface area contributed by atoms with Crippen molar-refractivity contribution in [1.29, 1.82) is 0 Å². The van der Waals surface area contributed by atoms with Gasteiger partial charge in [-0.2, -0.15) is 0 Å². The molecule has 1 heterocycles. The molecule has 0 amide bonds. The zero-order valence-corrected chi connectivity index (χ0v) is 12.0. The highest BCUT2D eigenvalue weighted by Gasteiger charge is 2.02. The Kier molecular flexibility index (Phi) is 5.80. The lowest BCUT2D eigenvalue weighted by atomic mass is 10.1. The van der Waals surface area contributed by atoms with E-state index in [-0.39, 0.29) is 5.43 Å². The number of hydrogen-bond donors (Lipinski definition) is 1. The Hall–Kier alpha value is -2.09. The lowest BCUT2D eigenvalue weighted by Gasteiger charge is -2.01. The van der Waals surface area contributed by atoms with Crippen molar-refractivity contribution < 1.29 is 0 Å². The minimum absolute atomic E-state index is 0.0700. The van der Waals surface area contributed by atoms with Crippen molar-refractivity contribution in [1.82, 2.24) is 4.98 Å². The first-order valence-corrected chi connectivity index (χ1v) is 6.85. The lowest BCUT2D eigenvalue weighted by Crippen LogP contribution is -1.99. The van der Waals surface area contributed by atoms with Gasteiger partial charge in [-0.3, -0.25) is 4.79 Å². The Morgan fingerprint density at radius 1 is 0.789 bits per heavy atom. The molecule has 100 valence electrons. The van der Waals surface area contributed by atoms with E-state index in [2.05, 4.69) is 4.98 Å². The third-order valence-electron chi connectivity index (χ3n) is 2.64. The first-order chi connectivity index (χ1) is 9.36. The van der Waals surface area contributed by atoms with Gasteiger partial charge in [-0.1, -0.05) is 58.0 Å². The van der Waals surface area contributed by atoms with E-state index in [1.807, 2.05) is 64.2 Å². The van der Waals surface area contributed by atoms with Gasteiger partial charge in [0.2, 0.25) is 0 Å². The van der Waals surface area contributed by atoms with Crippen LogP contribution in [0.25, 0.3) is 21.7 Å². The maximum absolute atomic E-state index is 11.8. The van der Waals surface area contributed by atoms with Gasteiger partial charge in [0.05, 0.1) is 10.9 Å². The minimum Gasteiger partial charge on any atom is -0.361 e. The van der Waals surface area contributed by atoms with Gasteiger partial charge in [0.1, 0.15) is 0 Å². The molecular formula is C17H21NO. The smallest absolute Gasteiger partial charge is 0.188 e. The number of aromatic nitrogens is 1. The summed E-state index contributed by atoms with van der Waals surface area (Å²) in [5, 5.41) is 2.82. The number of nitrogens with one attached hydrogen (secondary N) is 1. The van der Waals surface area contributed by atoms with Crippen molar-refractivity contribution in [2.75, 3.05) is 0 Å². The average Bonchev–Trinajstić information content (AvgIpc) is 2.51. The fraction of sp³-hybridized carbons (Fsp3) is 0.235. The molecule has 19 heavy (non-hydrogen) atoms. The second-order valence-corrected chi connectivity index (χ2v) is 3.55. The second-order valence-electron chi connectivity index (χ2n) is 3.55. The van der Waals surface area contributed by atoms with E-state index >= 15 is 0 Å². The molecule has 2 aromatic carbocycles. The van der Waals surface area contributed by atoms with Gasteiger partial charge in [0, 0.05) is 6.20 Å². The Morgan fingerprint density at radius 2 is 1.42 bits per heavy atom. The van der Waals surface area contributed by atoms with Crippen LogP contribution in [0.4, 0.5) is 0 Å². The fourth-order valence-corrected chi connectivity index (χ4v) is 1.94.